The van der Waals surface area contributed by atoms with E-state index >= 15 is 0 Å². The van der Waals surface area contributed by atoms with Gasteiger partial charge in [0.05, 0.1) is 25.3 Å². The number of rotatable bonds is 13. The molecule has 0 aliphatic heterocycles. The van der Waals surface area contributed by atoms with Crippen molar-refractivity contribution in [2.75, 3.05) is 6.54 Å². The number of carboxylic acid groups (broad SMARTS) is 1. The molecule has 0 saturated carbocycles. The molecule has 31 heavy (non-hydrogen) atoms. The molecule has 13 heteroatoms. The summed E-state index contributed by atoms with van der Waals surface area (Å²) in [6.07, 6.45) is 2.89. The number of carbonyl (C=O) groups excluding carboxylic acids is 4. The van der Waals surface area contributed by atoms with E-state index < -0.39 is 60.7 Å². The average molecular weight is 439 g/mol. The molecule has 3 unspecified atom stereocenters. The van der Waals surface area contributed by atoms with Gasteiger partial charge in [-0.1, -0.05) is 13.8 Å². The molecule has 172 valence electrons. The minimum Gasteiger partial charge on any atom is -0.480 e. The van der Waals surface area contributed by atoms with Crippen LogP contribution in [0.15, 0.2) is 12.5 Å². The maximum Gasteiger partial charge on any atom is 0.326 e. The zero-order chi connectivity index (χ0) is 23.6. The summed E-state index contributed by atoms with van der Waals surface area (Å²) in [4.78, 5) is 65.5. The third kappa shape index (κ3) is 9.71. The molecule has 13 nitrogen and oxygen atoms in total. The van der Waals surface area contributed by atoms with Crippen molar-refractivity contribution in [2.45, 2.75) is 51.2 Å². The number of nitrogens with two attached hydrogens (primary N) is 2. The molecule has 0 spiro atoms. The Morgan fingerprint density at radius 1 is 1.13 bits per heavy atom. The van der Waals surface area contributed by atoms with Crippen LogP contribution in [0.3, 0.4) is 0 Å². The summed E-state index contributed by atoms with van der Waals surface area (Å²) in [6.45, 7) is 3.15. The SMILES string of the molecule is CC(C)CC(NC(=O)C(N)Cc1cnc[nH]1)C(=O)NCC(=O)NC(CC(N)=O)C(=O)O. The highest BCUT2D eigenvalue weighted by atomic mass is 16.4. The van der Waals surface area contributed by atoms with Crippen molar-refractivity contribution in [3.8, 4) is 0 Å². The van der Waals surface area contributed by atoms with Crippen LogP contribution < -0.4 is 27.4 Å². The number of nitrogens with one attached hydrogen (secondary N) is 4. The zero-order valence-corrected chi connectivity index (χ0v) is 17.4. The first-order valence-corrected chi connectivity index (χ1v) is 9.61. The largest absolute Gasteiger partial charge is 0.480 e. The Morgan fingerprint density at radius 2 is 1.81 bits per heavy atom. The Balaban J connectivity index is 2.64. The third-order valence-corrected chi connectivity index (χ3v) is 4.13. The predicted octanol–water partition coefficient (Wildman–Crippen LogP) is -2.63. The summed E-state index contributed by atoms with van der Waals surface area (Å²) >= 11 is 0. The van der Waals surface area contributed by atoms with Crippen molar-refractivity contribution in [2.24, 2.45) is 17.4 Å². The Kier molecular flexibility index (Phi) is 10.1. The minimum atomic E-state index is -1.51. The number of aromatic nitrogens is 2. The number of primary amides is 1. The molecule has 4 amide bonds. The number of hydrogen-bond acceptors (Lipinski definition) is 7. The van der Waals surface area contributed by atoms with Crippen LogP contribution in [0.1, 0.15) is 32.4 Å². The molecule has 0 bridgehead atoms. The molecule has 1 rings (SSSR count). The van der Waals surface area contributed by atoms with Gasteiger partial charge in [0.1, 0.15) is 12.1 Å². The van der Waals surface area contributed by atoms with Gasteiger partial charge in [-0.15, -0.1) is 0 Å². The summed E-state index contributed by atoms with van der Waals surface area (Å²) < 4.78 is 0. The number of hydrogen-bond donors (Lipinski definition) is 7. The molecule has 0 radical (unpaired) electrons. The predicted molar refractivity (Wildman–Crippen MR) is 108 cm³/mol. The summed E-state index contributed by atoms with van der Waals surface area (Å²) in [5, 5.41) is 16.0. The molecule has 0 aliphatic rings. The minimum absolute atomic E-state index is 0.0423. The van der Waals surface area contributed by atoms with E-state index in [0.717, 1.165) is 0 Å². The second-order valence-electron chi connectivity index (χ2n) is 7.42. The standard InChI is InChI=1S/C18H29N7O6/c1-9(2)3-12(25-16(28)11(19)4-10-6-21-8-23-10)17(29)22-7-15(27)24-13(18(30)31)5-14(20)26/h6,8-9,11-13H,3-5,7,19H2,1-2H3,(H2,20,26)(H,21,23)(H,22,29)(H,24,27)(H,25,28)(H,30,31). The van der Waals surface area contributed by atoms with Crippen molar-refractivity contribution in [1.29, 1.82) is 0 Å². The van der Waals surface area contributed by atoms with Gasteiger partial charge in [-0.2, -0.15) is 0 Å². The van der Waals surface area contributed by atoms with Gasteiger partial charge in [0.15, 0.2) is 0 Å². The van der Waals surface area contributed by atoms with E-state index in [0.29, 0.717) is 5.69 Å². The molecule has 0 fully saturated rings. The highest BCUT2D eigenvalue weighted by Crippen LogP contribution is 2.06. The van der Waals surface area contributed by atoms with Crippen LogP contribution in [-0.2, 0) is 30.4 Å². The van der Waals surface area contributed by atoms with Crippen LogP contribution in [0.4, 0.5) is 0 Å². The first-order chi connectivity index (χ1) is 14.5. The van der Waals surface area contributed by atoms with Crippen molar-refractivity contribution in [3.63, 3.8) is 0 Å². The van der Waals surface area contributed by atoms with E-state index in [9.17, 15) is 24.0 Å². The second kappa shape index (κ2) is 12.3. The van der Waals surface area contributed by atoms with Crippen molar-refractivity contribution in [1.82, 2.24) is 25.9 Å². The third-order valence-electron chi connectivity index (χ3n) is 4.13. The monoisotopic (exact) mass is 439 g/mol. The summed E-state index contributed by atoms with van der Waals surface area (Å²) in [5.74, 6) is -4.30. The number of aliphatic carboxylic acids is 1. The van der Waals surface area contributed by atoms with Crippen molar-refractivity contribution < 1.29 is 29.1 Å². The lowest BCUT2D eigenvalue weighted by Crippen LogP contribution is -2.54. The van der Waals surface area contributed by atoms with E-state index in [1.807, 2.05) is 13.8 Å². The number of H-pyrrole nitrogens is 1. The van der Waals surface area contributed by atoms with Gasteiger partial charge in [0.25, 0.3) is 0 Å². The first-order valence-electron chi connectivity index (χ1n) is 9.61. The molecule has 3 atom stereocenters. The number of carboxylic acids is 1. The van der Waals surface area contributed by atoms with Crippen LogP contribution in [0.25, 0.3) is 0 Å². The van der Waals surface area contributed by atoms with Crippen LogP contribution in [-0.4, -0.2) is 69.3 Å². The fourth-order valence-corrected chi connectivity index (χ4v) is 2.64. The van der Waals surface area contributed by atoms with Crippen molar-refractivity contribution in [3.05, 3.63) is 18.2 Å². The maximum atomic E-state index is 12.5. The van der Waals surface area contributed by atoms with Crippen LogP contribution in [0, 0.1) is 5.92 Å². The fourth-order valence-electron chi connectivity index (χ4n) is 2.64. The van der Waals surface area contributed by atoms with E-state index in [1.165, 1.54) is 12.5 Å². The average Bonchev–Trinajstić information content (AvgIpc) is 3.17. The smallest absolute Gasteiger partial charge is 0.326 e. The lowest BCUT2D eigenvalue weighted by atomic mass is 10.0. The van der Waals surface area contributed by atoms with Gasteiger partial charge >= 0.3 is 5.97 Å². The second-order valence-corrected chi connectivity index (χ2v) is 7.42. The van der Waals surface area contributed by atoms with Crippen molar-refractivity contribution >= 4 is 29.6 Å². The number of aromatic amines is 1. The number of imidazole rings is 1. The van der Waals surface area contributed by atoms with Gasteiger partial charge in [-0.25, -0.2) is 9.78 Å². The van der Waals surface area contributed by atoms with E-state index in [2.05, 4.69) is 25.9 Å². The molecule has 0 aliphatic carbocycles. The highest BCUT2D eigenvalue weighted by Gasteiger charge is 2.26. The Bertz CT molecular complexity index is 780. The lowest BCUT2D eigenvalue weighted by Gasteiger charge is -2.22. The number of carbonyl (C=O) groups is 5. The van der Waals surface area contributed by atoms with Gasteiger partial charge < -0.3 is 37.5 Å². The summed E-state index contributed by atoms with van der Waals surface area (Å²) in [7, 11) is 0. The molecule has 1 heterocycles. The molecule has 0 saturated heterocycles. The highest BCUT2D eigenvalue weighted by molar-refractivity contribution is 5.93. The van der Waals surface area contributed by atoms with E-state index in [-0.39, 0.29) is 18.8 Å². The number of nitrogens with zero attached hydrogens (tertiary/aromatic N) is 1. The van der Waals surface area contributed by atoms with Gasteiger partial charge in [-0.3, -0.25) is 19.2 Å². The molecular formula is C18H29N7O6. The van der Waals surface area contributed by atoms with Crippen LogP contribution >= 0.6 is 0 Å². The van der Waals surface area contributed by atoms with Gasteiger partial charge in [0, 0.05) is 18.3 Å². The molecule has 1 aromatic rings. The molecule has 1 aromatic heterocycles. The molecule has 0 aromatic carbocycles. The van der Waals surface area contributed by atoms with Crippen LogP contribution in [0.2, 0.25) is 0 Å². The molecule has 9 N–H and O–H groups in total. The zero-order valence-electron chi connectivity index (χ0n) is 17.4. The fraction of sp³-hybridized carbons (Fsp3) is 0.556. The lowest BCUT2D eigenvalue weighted by molar-refractivity contribution is -0.143. The Hall–Kier alpha value is -3.48. The first kappa shape index (κ1) is 25.6. The summed E-state index contributed by atoms with van der Waals surface area (Å²) in [5.41, 5.74) is 11.5. The topological polar surface area (TPSA) is 222 Å². The Labute approximate surface area is 178 Å². The Morgan fingerprint density at radius 3 is 2.32 bits per heavy atom. The van der Waals surface area contributed by atoms with Gasteiger partial charge in [0.2, 0.25) is 23.6 Å². The van der Waals surface area contributed by atoms with Crippen LogP contribution in [0.5, 0.6) is 0 Å². The molecular weight excluding hydrogens is 410 g/mol. The van der Waals surface area contributed by atoms with E-state index in [1.54, 1.807) is 0 Å². The van der Waals surface area contributed by atoms with E-state index in [4.69, 9.17) is 16.6 Å². The maximum absolute atomic E-state index is 12.5. The number of amides is 4. The van der Waals surface area contributed by atoms with Gasteiger partial charge in [-0.05, 0) is 12.3 Å². The summed E-state index contributed by atoms with van der Waals surface area (Å²) in [6, 6.07) is -3.38. The quantitative estimate of drug-likeness (QED) is 0.172. The normalized spacial score (nSPS) is 13.7.